The van der Waals surface area contributed by atoms with Gasteiger partial charge >= 0.3 is 0 Å². The molecule has 6 heteroatoms. The Labute approximate surface area is 150 Å². The van der Waals surface area contributed by atoms with Crippen molar-refractivity contribution in [3.63, 3.8) is 0 Å². The van der Waals surface area contributed by atoms with Crippen LogP contribution in [0.15, 0.2) is 47.0 Å². The van der Waals surface area contributed by atoms with Crippen molar-refractivity contribution in [1.29, 1.82) is 5.26 Å². The molecular weight excluding hydrogens is 338 g/mol. The number of hydrogen-bond donors (Lipinski definition) is 0. The van der Waals surface area contributed by atoms with Gasteiger partial charge in [-0.3, -0.25) is 0 Å². The lowest BCUT2D eigenvalue weighted by molar-refractivity contribution is 0.243. The van der Waals surface area contributed by atoms with Gasteiger partial charge in [0.1, 0.15) is 5.75 Å². The van der Waals surface area contributed by atoms with Gasteiger partial charge in [-0.15, -0.1) is 0 Å². The Morgan fingerprint density at radius 3 is 2.60 bits per heavy atom. The molecule has 126 valence electrons. The smallest absolute Gasteiger partial charge is 0.264 e. The highest BCUT2D eigenvalue weighted by molar-refractivity contribution is 6.32. The quantitative estimate of drug-likeness (QED) is 0.647. The minimum atomic E-state index is 0.0999. The molecule has 0 radical (unpaired) electrons. The highest BCUT2D eigenvalue weighted by Crippen LogP contribution is 2.26. The maximum atomic E-state index is 8.84. The average Bonchev–Trinajstić information content (AvgIpc) is 3.09. The Kier molecular flexibility index (Phi) is 5.01. The lowest BCUT2D eigenvalue weighted by Gasteiger charge is -2.05. The molecule has 0 saturated carbocycles. The van der Waals surface area contributed by atoms with E-state index in [1.807, 2.05) is 18.2 Å². The SMILES string of the molecule is CC(C)c1ccc(-c2noc(COc3ccc(C#N)cc3Cl)n2)cc1. The van der Waals surface area contributed by atoms with Crippen molar-refractivity contribution in [2.45, 2.75) is 26.4 Å². The zero-order chi connectivity index (χ0) is 17.8. The number of aromatic nitrogens is 2. The number of nitriles is 1. The number of halogens is 1. The standard InChI is InChI=1S/C19H16ClN3O2/c1-12(2)14-4-6-15(7-5-14)19-22-18(25-23-19)11-24-17-8-3-13(10-21)9-16(17)20/h3-9,12H,11H2,1-2H3. The van der Waals surface area contributed by atoms with E-state index in [0.717, 1.165) is 5.56 Å². The van der Waals surface area contributed by atoms with Crippen LogP contribution in [0.25, 0.3) is 11.4 Å². The molecule has 3 aromatic rings. The van der Waals surface area contributed by atoms with Crippen molar-refractivity contribution in [3.05, 3.63) is 64.5 Å². The molecule has 0 fully saturated rings. The van der Waals surface area contributed by atoms with Gasteiger partial charge in [-0.05, 0) is 29.7 Å². The van der Waals surface area contributed by atoms with Crippen molar-refractivity contribution in [2.24, 2.45) is 0 Å². The molecule has 1 aromatic heterocycles. The molecule has 0 aliphatic rings. The van der Waals surface area contributed by atoms with Crippen LogP contribution >= 0.6 is 11.6 Å². The van der Waals surface area contributed by atoms with Gasteiger partial charge in [0.05, 0.1) is 16.7 Å². The minimum absolute atomic E-state index is 0.0999. The van der Waals surface area contributed by atoms with Gasteiger partial charge in [0.15, 0.2) is 6.61 Å². The first-order valence-corrected chi connectivity index (χ1v) is 8.20. The molecule has 3 rings (SSSR count). The maximum Gasteiger partial charge on any atom is 0.264 e. The number of rotatable bonds is 5. The molecule has 5 nitrogen and oxygen atoms in total. The van der Waals surface area contributed by atoms with Gasteiger partial charge in [0.2, 0.25) is 5.82 Å². The molecule has 0 atom stereocenters. The topological polar surface area (TPSA) is 71.9 Å². The summed E-state index contributed by atoms with van der Waals surface area (Å²) in [6, 6.07) is 14.9. The largest absolute Gasteiger partial charge is 0.482 e. The Hall–Kier alpha value is -2.84. The van der Waals surface area contributed by atoms with Crippen LogP contribution in [-0.2, 0) is 6.61 Å². The van der Waals surface area contributed by atoms with Gasteiger partial charge in [0.25, 0.3) is 5.89 Å². The molecule has 0 saturated heterocycles. The van der Waals surface area contributed by atoms with Crippen LogP contribution in [0, 0.1) is 11.3 Å². The van der Waals surface area contributed by atoms with E-state index in [4.69, 9.17) is 26.1 Å². The second-order valence-corrected chi connectivity index (χ2v) is 6.24. The van der Waals surface area contributed by atoms with Crippen molar-refractivity contribution in [3.8, 4) is 23.2 Å². The fourth-order valence-corrected chi connectivity index (χ4v) is 2.51. The van der Waals surface area contributed by atoms with E-state index >= 15 is 0 Å². The summed E-state index contributed by atoms with van der Waals surface area (Å²) in [6.45, 7) is 4.39. The number of ether oxygens (including phenoxy) is 1. The van der Waals surface area contributed by atoms with Crippen LogP contribution in [-0.4, -0.2) is 10.1 Å². The summed E-state index contributed by atoms with van der Waals surface area (Å²) in [5.41, 5.74) is 2.62. The number of hydrogen-bond acceptors (Lipinski definition) is 5. The van der Waals surface area contributed by atoms with E-state index < -0.39 is 0 Å². The zero-order valence-corrected chi connectivity index (χ0v) is 14.6. The van der Waals surface area contributed by atoms with Gasteiger partial charge in [-0.2, -0.15) is 10.2 Å². The summed E-state index contributed by atoms with van der Waals surface area (Å²) in [5.74, 6) is 1.80. The van der Waals surface area contributed by atoms with Gasteiger partial charge in [-0.25, -0.2) is 0 Å². The maximum absolute atomic E-state index is 8.84. The molecule has 0 N–H and O–H groups in total. The van der Waals surface area contributed by atoms with Crippen molar-refractivity contribution < 1.29 is 9.26 Å². The second-order valence-electron chi connectivity index (χ2n) is 5.83. The van der Waals surface area contributed by atoms with Crippen LogP contribution in [0.4, 0.5) is 0 Å². The Balaban J connectivity index is 1.69. The molecule has 1 heterocycles. The summed E-state index contributed by atoms with van der Waals surface area (Å²) in [5, 5.41) is 13.2. The molecule has 0 aliphatic heterocycles. The summed E-state index contributed by atoms with van der Waals surface area (Å²) in [7, 11) is 0. The molecule has 0 aliphatic carbocycles. The first kappa shape index (κ1) is 17.0. The van der Waals surface area contributed by atoms with Gasteiger partial charge in [0, 0.05) is 5.56 Å². The third-order valence-corrected chi connectivity index (χ3v) is 4.01. The predicted molar refractivity (Wildman–Crippen MR) is 94.3 cm³/mol. The fraction of sp³-hybridized carbons (Fsp3) is 0.211. The van der Waals surface area contributed by atoms with Crippen molar-refractivity contribution >= 4 is 11.6 Å². The summed E-state index contributed by atoms with van der Waals surface area (Å²) in [6.07, 6.45) is 0. The zero-order valence-electron chi connectivity index (χ0n) is 13.9. The normalized spacial score (nSPS) is 10.7. The minimum Gasteiger partial charge on any atom is -0.482 e. The highest BCUT2D eigenvalue weighted by Gasteiger charge is 2.11. The van der Waals surface area contributed by atoms with E-state index in [1.165, 1.54) is 5.56 Å². The Bertz CT molecular complexity index is 911. The Morgan fingerprint density at radius 2 is 1.96 bits per heavy atom. The highest BCUT2D eigenvalue weighted by atomic mass is 35.5. The van der Waals surface area contributed by atoms with Crippen molar-refractivity contribution in [2.75, 3.05) is 0 Å². The second kappa shape index (κ2) is 7.37. The van der Waals surface area contributed by atoms with Crippen LogP contribution in [0.1, 0.15) is 36.8 Å². The van der Waals surface area contributed by atoms with E-state index in [9.17, 15) is 0 Å². The monoisotopic (exact) mass is 353 g/mol. The molecule has 0 amide bonds. The number of benzene rings is 2. The molecule has 0 unspecified atom stereocenters. The summed E-state index contributed by atoms with van der Waals surface area (Å²) < 4.78 is 10.8. The fourth-order valence-electron chi connectivity index (χ4n) is 2.27. The molecule has 25 heavy (non-hydrogen) atoms. The van der Waals surface area contributed by atoms with Crippen LogP contribution in [0.5, 0.6) is 5.75 Å². The summed E-state index contributed by atoms with van der Waals surface area (Å²) >= 11 is 6.07. The molecule has 0 spiro atoms. The predicted octanol–water partition coefficient (Wildman–Crippen LogP) is 4.96. The van der Waals surface area contributed by atoms with E-state index in [2.05, 4.69) is 36.1 Å². The van der Waals surface area contributed by atoms with Crippen molar-refractivity contribution in [1.82, 2.24) is 10.1 Å². The lowest BCUT2D eigenvalue weighted by atomic mass is 10.0. The summed E-state index contributed by atoms with van der Waals surface area (Å²) in [4.78, 5) is 4.34. The van der Waals surface area contributed by atoms with Gasteiger partial charge < -0.3 is 9.26 Å². The third-order valence-electron chi connectivity index (χ3n) is 3.72. The van der Waals surface area contributed by atoms with E-state index in [1.54, 1.807) is 18.2 Å². The van der Waals surface area contributed by atoms with Crippen LogP contribution in [0.3, 0.4) is 0 Å². The molecule has 2 aromatic carbocycles. The van der Waals surface area contributed by atoms with E-state index in [0.29, 0.717) is 34.0 Å². The van der Waals surface area contributed by atoms with E-state index in [-0.39, 0.29) is 6.61 Å². The Morgan fingerprint density at radius 1 is 1.20 bits per heavy atom. The molecule has 0 bridgehead atoms. The lowest BCUT2D eigenvalue weighted by Crippen LogP contribution is -1.96. The first-order chi connectivity index (χ1) is 12.1. The van der Waals surface area contributed by atoms with Crippen LogP contribution in [0.2, 0.25) is 5.02 Å². The molecular formula is C19H16ClN3O2. The third kappa shape index (κ3) is 3.98. The average molecular weight is 354 g/mol. The van der Waals surface area contributed by atoms with Crippen LogP contribution < -0.4 is 4.74 Å². The van der Waals surface area contributed by atoms with Gasteiger partial charge in [-0.1, -0.05) is 54.9 Å². The first-order valence-electron chi connectivity index (χ1n) is 7.82. The number of nitrogens with zero attached hydrogens (tertiary/aromatic N) is 3.